The smallest absolute Gasteiger partial charge is 0.423 e. The van der Waals surface area contributed by atoms with Gasteiger partial charge in [0, 0.05) is 12.0 Å². The van der Waals surface area contributed by atoms with Crippen LogP contribution in [-0.2, 0) is 20.7 Å². The molecule has 0 spiro atoms. The second kappa shape index (κ2) is 7.03. The minimum absolute atomic E-state index is 0.0436. The Bertz CT molecular complexity index is 1050. The van der Waals surface area contributed by atoms with E-state index in [1.807, 2.05) is 0 Å². The lowest BCUT2D eigenvalue weighted by Crippen LogP contribution is -2.42. The van der Waals surface area contributed by atoms with Crippen LogP contribution in [0.15, 0.2) is 35.5 Å². The lowest BCUT2D eigenvalue weighted by molar-refractivity contribution is -0.275. The highest BCUT2D eigenvalue weighted by Gasteiger charge is 2.62. The standard InChI is InChI=1S/C19H14BCl3F3NO3/c1-17(2)11-5-9(3-4-12(11)20(28)29-17)15-8-18(30-27-15,19(24,25)26)10-6-13(21)16(23)14(22)7-10/h3-7,28H,8H2,1-2H3/t18-/m0/s1. The molecule has 0 aliphatic carbocycles. The fourth-order valence-electron chi connectivity index (χ4n) is 3.73. The van der Waals surface area contributed by atoms with Gasteiger partial charge in [-0.2, -0.15) is 13.2 Å². The summed E-state index contributed by atoms with van der Waals surface area (Å²) in [5.41, 5.74) is -2.12. The molecule has 2 aliphatic rings. The van der Waals surface area contributed by atoms with Crippen LogP contribution in [-0.4, -0.2) is 24.0 Å². The van der Waals surface area contributed by atoms with Crippen molar-refractivity contribution >= 4 is 53.1 Å². The first-order valence-electron chi connectivity index (χ1n) is 8.83. The highest BCUT2D eigenvalue weighted by molar-refractivity contribution is 6.62. The van der Waals surface area contributed by atoms with Crippen molar-refractivity contribution in [3.8, 4) is 0 Å². The fraction of sp³-hybridized carbons (Fsp3) is 0.316. The van der Waals surface area contributed by atoms with Gasteiger partial charge in [0.15, 0.2) is 0 Å². The molecule has 0 bridgehead atoms. The maximum Gasteiger partial charge on any atom is 0.492 e. The van der Waals surface area contributed by atoms with E-state index in [2.05, 4.69) is 5.16 Å². The summed E-state index contributed by atoms with van der Waals surface area (Å²) in [7, 11) is -1.10. The second-order valence-electron chi connectivity index (χ2n) is 7.67. The van der Waals surface area contributed by atoms with E-state index >= 15 is 0 Å². The number of hydrogen-bond donors (Lipinski definition) is 1. The Kier molecular flexibility index (Phi) is 5.11. The van der Waals surface area contributed by atoms with E-state index in [1.165, 1.54) is 0 Å². The summed E-state index contributed by atoms with van der Waals surface area (Å²) < 4.78 is 48.0. The van der Waals surface area contributed by atoms with Crippen LogP contribution in [0.2, 0.25) is 15.1 Å². The van der Waals surface area contributed by atoms with E-state index < -0.39 is 30.9 Å². The lowest BCUT2D eigenvalue weighted by Gasteiger charge is -2.30. The Morgan fingerprint density at radius 3 is 2.33 bits per heavy atom. The van der Waals surface area contributed by atoms with Crippen LogP contribution in [0.5, 0.6) is 0 Å². The summed E-state index contributed by atoms with van der Waals surface area (Å²) in [5.74, 6) is 0. The monoisotopic (exact) mass is 477 g/mol. The van der Waals surface area contributed by atoms with Gasteiger partial charge >= 0.3 is 13.3 Å². The molecule has 0 unspecified atom stereocenters. The van der Waals surface area contributed by atoms with Crippen LogP contribution < -0.4 is 5.46 Å². The highest BCUT2D eigenvalue weighted by Crippen LogP contribution is 2.50. The minimum atomic E-state index is -4.81. The van der Waals surface area contributed by atoms with Crippen molar-refractivity contribution in [2.24, 2.45) is 5.16 Å². The molecule has 0 amide bonds. The molecular weight excluding hydrogens is 464 g/mol. The topological polar surface area (TPSA) is 51.0 Å². The zero-order chi connectivity index (χ0) is 22.1. The number of benzene rings is 2. The molecule has 30 heavy (non-hydrogen) atoms. The van der Waals surface area contributed by atoms with E-state index in [4.69, 9.17) is 44.3 Å². The van der Waals surface area contributed by atoms with E-state index in [-0.39, 0.29) is 26.3 Å². The highest BCUT2D eigenvalue weighted by atomic mass is 35.5. The van der Waals surface area contributed by atoms with Crippen LogP contribution in [0.1, 0.15) is 37.0 Å². The predicted octanol–water partition coefficient (Wildman–Crippen LogP) is 5.18. The summed E-state index contributed by atoms with van der Waals surface area (Å²) in [4.78, 5) is 5.02. The summed E-state index contributed by atoms with van der Waals surface area (Å²) in [6.45, 7) is 3.52. The second-order valence-corrected chi connectivity index (χ2v) is 8.86. The molecule has 0 radical (unpaired) electrons. The third-order valence-corrected chi connectivity index (χ3v) is 6.54. The van der Waals surface area contributed by atoms with Gasteiger partial charge in [-0.15, -0.1) is 0 Å². The van der Waals surface area contributed by atoms with Gasteiger partial charge in [0.25, 0.3) is 5.60 Å². The molecule has 1 atom stereocenters. The normalized spacial score (nSPS) is 22.7. The van der Waals surface area contributed by atoms with Gasteiger partial charge in [0.2, 0.25) is 0 Å². The molecule has 0 fully saturated rings. The van der Waals surface area contributed by atoms with Gasteiger partial charge in [0.05, 0.1) is 26.4 Å². The van der Waals surface area contributed by atoms with Crippen LogP contribution in [0.4, 0.5) is 13.2 Å². The number of halogens is 6. The average molecular weight is 478 g/mol. The number of hydrogen-bond acceptors (Lipinski definition) is 4. The van der Waals surface area contributed by atoms with Crippen molar-refractivity contribution in [2.45, 2.75) is 37.6 Å². The molecule has 0 saturated carbocycles. The van der Waals surface area contributed by atoms with Crippen molar-refractivity contribution in [3.63, 3.8) is 0 Å². The van der Waals surface area contributed by atoms with Crippen LogP contribution >= 0.6 is 34.8 Å². The SMILES string of the molecule is CC1(C)OB(O)c2ccc(C3=NO[C@@](c4cc(Cl)c(Cl)c(Cl)c4)(C(F)(F)F)C3)cc21. The Morgan fingerprint density at radius 1 is 1.10 bits per heavy atom. The molecule has 2 aliphatic heterocycles. The van der Waals surface area contributed by atoms with Gasteiger partial charge in [-0.1, -0.05) is 52.1 Å². The molecule has 158 valence electrons. The van der Waals surface area contributed by atoms with Crippen LogP contribution in [0.3, 0.4) is 0 Å². The number of nitrogens with zero attached hydrogens (tertiary/aromatic N) is 1. The number of alkyl halides is 3. The molecule has 0 saturated heterocycles. The summed E-state index contributed by atoms with van der Waals surface area (Å²) >= 11 is 17.8. The molecule has 2 aromatic carbocycles. The van der Waals surface area contributed by atoms with Crippen molar-refractivity contribution < 1.29 is 27.7 Å². The molecule has 1 N–H and O–H groups in total. The lowest BCUT2D eigenvalue weighted by atomic mass is 9.77. The first-order chi connectivity index (χ1) is 13.9. The zero-order valence-corrected chi connectivity index (χ0v) is 17.9. The Morgan fingerprint density at radius 2 is 1.73 bits per heavy atom. The van der Waals surface area contributed by atoms with E-state index in [0.29, 0.717) is 16.6 Å². The van der Waals surface area contributed by atoms with Crippen molar-refractivity contribution in [1.82, 2.24) is 0 Å². The number of fused-ring (bicyclic) bond motifs is 1. The number of oxime groups is 1. The third kappa shape index (κ3) is 3.29. The fourth-order valence-corrected chi connectivity index (χ4v) is 4.32. The van der Waals surface area contributed by atoms with Gasteiger partial charge < -0.3 is 14.5 Å². The van der Waals surface area contributed by atoms with Gasteiger partial charge in [-0.05, 0) is 48.6 Å². The zero-order valence-electron chi connectivity index (χ0n) is 15.6. The molecule has 4 rings (SSSR count). The van der Waals surface area contributed by atoms with E-state index in [1.54, 1.807) is 32.0 Å². The summed E-state index contributed by atoms with van der Waals surface area (Å²) in [5, 5.41) is 13.5. The molecular formula is C19H14BCl3F3NO3. The maximum atomic E-state index is 14.2. The predicted molar refractivity (Wildman–Crippen MR) is 110 cm³/mol. The maximum absolute atomic E-state index is 14.2. The van der Waals surface area contributed by atoms with E-state index in [0.717, 1.165) is 12.1 Å². The van der Waals surface area contributed by atoms with Gasteiger partial charge in [-0.3, -0.25) is 0 Å². The molecule has 2 aromatic rings. The summed E-state index contributed by atoms with van der Waals surface area (Å²) in [6.07, 6.45) is -5.40. The Balaban J connectivity index is 1.76. The molecule has 4 nitrogen and oxygen atoms in total. The van der Waals surface area contributed by atoms with Crippen molar-refractivity contribution in [3.05, 3.63) is 62.1 Å². The number of rotatable bonds is 2. The molecule has 2 heterocycles. The van der Waals surface area contributed by atoms with Crippen LogP contribution in [0, 0.1) is 0 Å². The first kappa shape index (κ1) is 21.8. The minimum Gasteiger partial charge on any atom is -0.423 e. The van der Waals surface area contributed by atoms with Crippen LogP contribution in [0.25, 0.3) is 0 Å². The Hall–Kier alpha value is -1.45. The Labute approximate surface area is 185 Å². The largest absolute Gasteiger partial charge is 0.492 e. The third-order valence-electron chi connectivity index (χ3n) is 5.34. The van der Waals surface area contributed by atoms with Crippen molar-refractivity contribution in [1.29, 1.82) is 0 Å². The quantitative estimate of drug-likeness (QED) is 0.478. The first-order valence-corrected chi connectivity index (χ1v) is 9.96. The molecule has 11 heteroatoms. The van der Waals surface area contributed by atoms with E-state index in [9.17, 15) is 18.2 Å². The van der Waals surface area contributed by atoms with Crippen molar-refractivity contribution in [2.75, 3.05) is 0 Å². The summed E-state index contributed by atoms with van der Waals surface area (Å²) in [6, 6.07) is 7.00. The average Bonchev–Trinajstić information content (AvgIpc) is 3.20. The molecule has 0 aromatic heterocycles. The van der Waals surface area contributed by atoms with Gasteiger partial charge in [0.1, 0.15) is 0 Å². The van der Waals surface area contributed by atoms with Gasteiger partial charge in [-0.25, -0.2) is 0 Å².